The van der Waals surface area contributed by atoms with Crippen molar-refractivity contribution in [3.05, 3.63) is 69.1 Å². The van der Waals surface area contributed by atoms with E-state index in [1.165, 1.54) is 18.2 Å². The van der Waals surface area contributed by atoms with Crippen LogP contribution in [-0.2, 0) is 4.74 Å². The first-order valence-electron chi connectivity index (χ1n) is 8.83. The fourth-order valence-electron chi connectivity index (χ4n) is 2.90. The average Bonchev–Trinajstić information content (AvgIpc) is 3.09. The van der Waals surface area contributed by atoms with Crippen LogP contribution in [0.25, 0.3) is 10.9 Å². The van der Waals surface area contributed by atoms with Crippen LogP contribution in [0.3, 0.4) is 0 Å². The molecular weight excluding hydrogens is 463 g/mol. The number of carbonyl (C=O) groups excluding carboxylic acids is 2. The Labute approximate surface area is 183 Å². The Balaban J connectivity index is 1.93. The Morgan fingerprint density at radius 1 is 1.13 bits per heavy atom. The molecule has 0 spiro atoms. The summed E-state index contributed by atoms with van der Waals surface area (Å²) in [6.07, 6.45) is -4.87. The first-order chi connectivity index (χ1) is 14.5. The lowest BCUT2D eigenvalue weighted by atomic mass is 10.1. The Kier molecular flexibility index (Phi) is 6.47. The standard InChI is InChI=1S/C20H14Cl2F4N2O3/c1-2-31-19(30)11-5-10-7-16(27-15(10)8-12(11)21)18(29)28-17(20(24,25)26)9-3-4-14(23)13(22)6-9/h3-8,17,27H,2H2,1H3,(H,28,29). The van der Waals surface area contributed by atoms with Crippen LogP contribution in [-0.4, -0.2) is 29.6 Å². The largest absolute Gasteiger partial charge is 0.462 e. The number of rotatable bonds is 5. The minimum Gasteiger partial charge on any atom is -0.462 e. The molecule has 0 bridgehead atoms. The highest BCUT2D eigenvalue weighted by Gasteiger charge is 2.42. The third-order valence-corrected chi connectivity index (χ3v) is 4.93. The van der Waals surface area contributed by atoms with Gasteiger partial charge in [-0.25, -0.2) is 9.18 Å². The Bertz CT molecular complexity index is 1160. The molecule has 0 saturated carbocycles. The zero-order valence-corrected chi connectivity index (χ0v) is 17.3. The van der Waals surface area contributed by atoms with Gasteiger partial charge in [-0.05, 0) is 42.8 Å². The average molecular weight is 477 g/mol. The van der Waals surface area contributed by atoms with E-state index in [1.54, 1.807) is 6.92 Å². The molecule has 0 aliphatic rings. The lowest BCUT2D eigenvalue weighted by Gasteiger charge is -2.22. The summed E-state index contributed by atoms with van der Waals surface area (Å²) >= 11 is 11.6. The second-order valence-electron chi connectivity index (χ2n) is 6.44. The molecule has 0 aliphatic carbocycles. The predicted molar refractivity (Wildman–Crippen MR) is 107 cm³/mol. The molecule has 31 heavy (non-hydrogen) atoms. The molecule has 11 heteroatoms. The maximum Gasteiger partial charge on any atom is 0.412 e. The summed E-state index contributed by atoms with van der Waals surface area (Å²) in [5, 5.41) is 1.78. The number of aromatic amines is 1. The Hall–Kier alpha value is -2.78. The molecule has 2 aromatic carbocycles. The molecule has 1 atom stereocenters. The summed E-state index contributed by atoms with van der Waals surface area (Å²) in [5.41, 5.74) is -0.252. The quantitative estimate of drug-likeness (QED) is 0.359. The number of carbonyl (C=O) groups is 2. The molecule has 2 N–H and O–H groups in total. The third-order valence-electron chi connectivity index (χ3n) is 4.33. The highest BCUT2D eigenvalue weighted by atomic mass is 35.5. The maximum absolute atomic E-state index is 13.6. The van der Waals surface area contributed by atoms with Gasteiger partial charge in [0.1, 0.15) is 11.5 Å². The van der Waals surface area contributed by atoms with Crippen LogP contribution in [0.15, 0.2) is 36.4 Å². The number of amides is 1. The number of aromatic nitrogens is 1. The number of benzene rings is 2. The van der Waals surface area contributed by atoms with E-state index < -0.39 is 40.5 Å². The first-order valence-corrected chi connectivity index (χ1v) is 9.58. The number of fused-ring (bicyclic) bond motifs is 1. The van der Waals surface area contributed by atoms with Crippen LogP contribution < -0.4 is 5.32 Å². The number of hydrogen-bond acceptors (Lipinski definition) is 3. The van der Waals surface area contributed by atoms with Crippen LogP contribution in [0.1, 0.15) is 39.4 Å². The number of hydrogen-bond donors (Lipinski definition) is 2. The van der Waals surface area contributed by atoms with E-state index in [4.69, 9.17) is 27.9 Å². The third kappa shape index (κ3) is 4.94. The van der Waals surface area contributed by atoms with E-state index >= 15 is 0 Å². The zero-order chi connectivity index (χ0) is 22.9. The van der Waals surface area contributed by atoms with Gasteiger partial charge in [-0.3, -0.25) is 4.79 Å². The number of nitrogens with one attached hydrogen (secondary N) is 2. The minimum atomic E-state index is -4.87. The summed E-state index contributed by atoms with van der Waals surface area (Å²) in [7, 11) is 0. The minimum absolute atomic E-state index is 0.0499. The van der Waals surface area contributed by atoms with E-state index in [-0.39, 0.29) is 22.9 Å². The summed E-state index contributed by atoms with van der Waals surface area (Å²) in [6, 6.07) is 4.04. The van der Waals surface area contributed by atoms with Crippen LogP contribution in [0, 0.1) is 5.82 Å². The van der Waals surface area contributed by atoms with Crippen LogP contribution in [0.5, 0.6) is 0 Å². The van der Waals surface area contributed by atoms with Crippen molar-refractivity contribution in [1.82, 2.24) is 10.3 Å². The summed E-state index contributed by atoms with van der Waals surface area (Å²) in [4.78, 5) is 27.1. The normalized spacial score (nSPS) is 12.6. The molecule has 0 radical (unpaired) electrons. The van der Waals surface area contributed by atoms with Gasteiger partial charge in [-0.2, -0.15) is 13.2 Å². The second-order valence-corrected chi connectivity index (χ2v) is 7.26. The van der Waals surface area contributed by atoms with Crippen molar-refractivity contribution in [3.63, 3.8) is 0 Å². The molecule has 3 rings (SSSR count). The predicted octanol–water partition coefficient (Wildman–Crippen LogP) is 5.82. The van der Waals surface area contributed by atoms with Crippen molar-refractivity contribution in [2.75, 3.05) is 6.61 Å². The van der Waals surface area contributed by atoms with Gasteiger partial charge in [0.25, 0.3) is 5.91 Å². The molecule has 164 valence electrons. The van der Waals surface area contributed by atoms with Crippen LogP contribution >= 0.6 is 23.2 Å². The molecule has 0 aliphatic heterocycles. The molecule has 1 heterocycles. The first kappa shape index (κ1) is 22.9. The summed E-state index contributed by atoms with van der Waals surface area (Å²) in [6.45, 7) is 1.74. The SMILES string of the molecule is CCOC(=O)c1cc2cc(C(=O)NC(c3ccc(F)c(Cl)c3)C(F)(F)F)[nH]c2cc1Cl. The highest BCUT2D eigenvalue weighted by Crippen LogP contribution is 2.34. The topological polar surface area (TPSA) is 71.2 Å². The smallest absolute Gasteiger partial charge is 0.412 e. The number of ether oxygens (including phenoxy) is 1. The molecule has 1 unspecified atom stereocenters. The maximum atomic E-state index is 13.6. The molecular formula is C20H14Cl2F4N2O3. The highest BCUT2D eigenvalue weighted by molar-refractivity contribution is 6.34. The molecule has 0 saturated heterocycles. The molecule has 0 fully saturated rings. The lowest BCUT2D eigenvalue weighted by Crippen LogP contribution is -2.38. The number of halogens is 6. The Morgan fingerprint density at radius 2 is 1.84 bits per heavy atom. The van der Waals surface area contributed by atoms with Gasteiger partial charge in [-0.1, -0.05) is 29.3 Å². The second kappa shape index (κ2) is 8.76. The van der Waals surface area contributed by atoms with E-state index in [0.717, 1.165) is 18.2 Å². The van der Waals surface area contributed by atoms with Crippen molar-refractivity contribution in [2.45, 2.75) is 19.1 Å². The van der Waals surface area contributed by atoms with Crippen molar-refractivity contribution < 1.29 is 31.9 Å². The van der Waals surface area contributed by atoms with Gasteiger partial charge in [0.05, 0.1) is 22.2 Å². The fraction of sp³-hybridized carbons (Fsp3) is 0.200. The van der Waals surface area contributed by atoms with Crippen molar-refractivity contribution in [2.24, 2.45) is 0 Å². The number of alkyl halides is 3. The molecule has 1 aromatic heterocycles. The van der Waals surface area contributed by atoms with Gasteiger partial charge < -0.3 is 15.0 Å². The van der Waals surface area contributed by atoms with Crippen LogP contribution in [0.4, 0.5) is 17.6 Å². The van der Waals surface area contributed by atoms with Gasteiger partial charge in [0.15, 0.2) is 6.04 Å². The molecule has 1 amide bonds. The summed E-state index contributed by atoms with van der Waals surface area (Å²) < 4.78 is 58.9. The molecule has 3 aromatic rings. The van der Waals surface area contributed by atoms with Gasteiger partial charge in [0.2, 0.25) is 0 Å². The van der Waals surface area contributed by atoms with Crippen molar-refractivity contribution in [1.29, 1.82) is 0 Å². The molecule has 5 nitrogen and oxygen atoms in total. The lowest BCUT2D eigenvalue weighted by molar-refractivity contribution is -0.155. The van der Waals surface area contributed by atoms with E-state index in [2.05, 4.69) is 4.98 Å². The fourth-order valence-corrected chi connectivity index (χ4v) is 3.33. The summed E-state index contributed by atoms with van der Waals surface area (Å²) in [5.74, 6) is -2.64. The van der Waals surface area contributed by atoms with Gasteiger partial charge in [-0.15, -0.1) is 0 Å². The van der Waals surface area contributed by atoms with E-state index in [0.29, 0.717) is 10.9 Å². The van der Waals surface area contributed by atoms with Crippen molar-refractivity contribution >= 4 is 46.0 Å². The zero-order valence-electron chi connectivity index (χ0n) is 15.7. The monoisotopic (exact) mass is 476 g/mol. The number of H-pyrrole nitrogens is 1. The van der Waals surface area contributed by atoms with E-state index in [1.807, 2.05) is 5.32 Å². The van der Waals surface area contributed by atoms with Gasteiger partial charge in [0, 0.05) is 10.9 Å². The van der Waals surface area contributed by atoms with Crippen molar-refractivity contribution in [3.8, 4) is 0 Å². The van der Waals surface area contributed by atoms with Crippen LogP contribution in [0.2, 0.25) is 10.0 Å². The number of esters is 1. The van der Waals surface area contributed by atoms with Gasteiger partial charge >= 0.3 is 12.1 Å². The van der Waals surface area contributed by atoms with E-state index in [9.17, 15) is 27.2 Å². The Morgan fingerprint density at radius 3 is 2.45 bits per heavy atom.